The second-order valence-electron chi connectivity index (χ2n) is 8.32. The number of amides is 3. The molecule has 0 radical (unpaired) electrons. The molecule has 3 heterocycles. The number of anilines is 2. The number of hydrogen-bond donors (Lipinski definition) is 0. The summed E-state index contributed by atoms with van der Waals surface area (Å²) in [6.07, 6.45) is 3.86. The number of imide groups is 1. The van der Waals surface area contributed by atoms with Crippen LogP contribution in [0.25, 0.3) is 10.2 Å². The molecular formula is C26H22N4O3S. The number of aromatic nitrogens is 2. The maximum Gasteiger partial charge on any atom is 0.260 e. The summed E-state index contributed by atoms with van der Waals surface area (Å²) < 4.78 is 1.02. The van der Waals surface area contributed by atoms with Crippen LogP contribution in [0, 0.1) is 13.8 Å². The van der Waals surface area contributed by atoms with Crippen LogP contribution in [-0.2, 0) is 16.1 Å². The summed E-state index contributed by atoms with van der Waals surface area (Å²) >= 11 is 1.47. The predicted molar refractivity (Wildman–Crippen MR) is 132 cm³/mol. The van der Waals surface area contributed by atoms with Gasteiger partial charge < -0.3 is 0 Å². The lowest BCUT2D eigenvalue weighted by Crippen LogP contribution is -2.31. The Morgan fingerprint density at radius 1 is 1.03 bits per heavy atom. The quantitative estimate of drug-likeness (QED) is 0.391. The van der Waals surface area contributed by atoms with Gasteiger partial charge in [-0.2, -0.15) is 0 Å². The van der Waals surface area contributed by atoms with E-state index in [0.717, 1.165) is 21.3 Å². The molecule has 3 amide bonds. The van der Waals surface area contributed by atoms with Gasteiger partial charge in [0.2, 0.25) is 11.8 Å². The standard InChI is InChI=1S/C26H22N4O3S/c1-16-12-21-22(13-17(16)2)34-26(28-21)29(15-18-4-3-11-27-14-18)25(33)19-5-7-20(8-6-19)30-23(31)9-10-24(30)32/h3-8,11-14H,9-10,15H2,1-2H3. The van der Waals surface area contributed by atoms with Gasteiger partial charge >= 0.3 is 0 Å². The molecule has 0 unspecified atom stereocenters. The molecule has 8 heteroatoms. The van der Waals surface area contributed by atoms with E-state index in [2.05, 4.69) is 18.0 Å². The van der Waals surface area contributed by atoms with Gasteiger partial charge in [-0.3, -0.25) is 29.2 Å². The van der Waals surface area contributed by atoms with Crippen LogP contribution < -0.4 is 9.80 Å². The lowest BCUT2D eigenvalue weighted by molar-refractivity contribution is -0.121. The van der Waals surface area contributed by atoms with Gasteiger partial charge in [-0.1, -0.05) is 17.4 Å². The van der Waals surface area contributed by atoms with Crippen LogP contribution in [0.5, 0.6) is 0 Å². The van der Waals surface area contributed by atoms with Crippen molar-refractivity contribution in [2.75, 3.05) is 9.80 Å². The molecule has 2 aromatic carbocycles. The molecule has 34 heavy (non-hydrogen) atoms. The predicted octanol–water partition coefficient (Wildman–Crippen LogP) is 4.81. The number of thiazole rings is 1. The van der Waals surface area contributed by atoms with Crippen molar-refractivity contribution in [2.24, 2.45) is 0 Å². The molecule has 7 nitrogen and oxygen atoms in total. The van der Waals surface area contributed by atoms with Crippen LogP contribution in [0.1, 0.15) is 39.9 Å². The Balaban J connectivity index is 1.50. The van der Waals surface area contributed by atoms with Crippen molar-refractivity contribution in [1.82, 2.24) is 9.97 Å². The molecule has 1 aliphatic rings. The maximum absolute atomic E-state index is 13.6. The molecule has 4 aromatic rings. The van der Waals surface area contributed by atoms with Crippen molar-refractivity contribution in [1.29, 1.82) is 0 Å². The SMILES string of the molecule is Cc1cc2nc(N(Cc3cccnc3)C(=O)c3ccc(N4C(=O)CCC4=O)cc3)sc2cc1C. The number of benzene rings is 2. The highest BCUT2D eigenvalue weighted by Gasteiger charge is 2.30. The van der Waals surface area contributed by atoms with Gasteiger partial charge in [0.05, 0.1) is 22.4 Å². The van der Waals surface area contributed by atoms with Gasteiger partial charge in [0, 0.05) is 30.8 Å². The molecule has 0 atom stereocenters. The third-order valence-corrected chi connectivity index (χ3v) is 7.00. The zero-order valence-electron chi connectivity index (χ0n) is 18.8. The normalized spacial score (nSPS) is 13.6. The van der Waals surface area contributed by atoms with Gasteiger partial charge in [0.25, 0.3) is 5.91 Å². The summed E-state index contributed by atoms with van der Waals surface area (Å²) in [4.78, 5) is 49.5. The van der Waals surface area contributed by atoms with Gasteiger partial charge in [0.15, 0.2) is 5.13 Å². The highest BCUT2D eigenvalue weighted by molar-refractivity contribution is 7.22. The second-order valence-corrected chi connectivity index (χ2v) is 9.33. The van der Waals surface area contributed by atoms with E-state index < -0.39 is 0 Å². The Morgan fingerprint density at radius 2 is 1.74 bits per heavy atom. The van der Waals surface area contributed by atoms with Gasteiger partial charge in [-0.05, 0) is 73.0 Å². The average Bonchev–Trinajstić information content (AvgIpc) is 3.40. The van der Waals surface area contributed by atoms with Crippen molar-refractivity contribution < 1.29 is 14.4 Å². The number of nitrogens with zero attached hydrogens (tertiary/aromatic N) is 4. The Labute approximate surface area is 200 Å². The first-order chi connectivity index (χ1) is 16.4. The minimum absolute atomic E-state index is 0.217. The first kappa shape index (κ1) is 21.9. The number of aryl methyl sites for hydroxylation is 2. The molecule has 2 aromatic heterocycles. The molecule has 5 rings (SSSR count). The van der Waals surface area contributed by atoms with Gasteiger partial charge in [0.1, 0.15) is 0 Å². The average molecular weight is 471 g/mol. The Bertz CT molecular complexity index is 1360. The minimum Gasteiger partial charge on any atom is -0.279 e. The van der Waals surface area contributed by atoms with Gasteiger partial charge in [-0.25, -0.2) is 4.98 Å². The second kappa shape index (κ2) is 8.79. The smallest absolute Gasteiger partial charge is 0.260 e. The lowest BCUT2D eigenvalue weighted by Gasteiger charge is -2.20. The third-order valence-electron chi connectivity index (χ3n) is 5.96. The first-order valence-corrected chi connectivity index (χ1v) is 11.8. The number of pyridine rings is 1. The zero-order chi connectivity index (χ0) is 23.8. The highest BCUT2D eigenvalue weighted by atomic mass is 32.1. The van der Waals surface area contributed by atoms with Crippen LogP contribution in [0.4, 0.5) is 10.8 Å². The zero-order valence-corrected chi connectivity index (χ0v) is 19.6. The third kappa shape index (κ3) is 4.08. The Kier molecular flexibility index (Phi) is 5.67. The lowest BCUT2D eigenvalue weighted by atomic mass is 10.1. The van der Waals surface area contributed by atoms with E-state index in [1.807, 2.05) is 25.1 Å². The molecular weight excluding hydrogens is 448 g/mol. The van der Waals surface area contributed by atoms with E-state index in [1.165, 1.54) is 21.8 Å². The molecule has 1 aliphatic heterocycles. The maximum atomic E-state index is 13.6. The summed E-state index contributed by atoms with van der Waals surface area (Å²) in [5.74, 6) is -0.660. The molecule has 0 saturated carbocycles. The van der Waals surface area contributed by atoms with Crippen molar-refractivity contribution in [3.05, 3.63) is 83.2 Å². The van der Waals surface area contributed by atoms with Crippen molar-refractivity contribution in [2.45, 2.75) is 33.2 Å². The largest absolute Gasteiger partial charge is 0.279 e. The van der Waals surface area contributed by atoms with Crippen LogP contribution >= 0.6 is 11.3 Å². The number of rotatable bonds is 5. The van der Waals surface area contributed by atoms with E-state index in [1.54, 1.807) is 41.6 Å². The molecule has 0 bridgehead atoms. The van der Waals surface area contributed by atoms with E-state index in [0.29, 0.717) is 22.9 Å². The first-order valence-electron chi connectivity index (χ1n) is 10.9. The van der Waals surface area contributed by atoms with E-state index >= 15 is 0 Å². The number of fused-ring (bicyclic) bond motifs is 1. The fourth-order valence-electron chi connectivity index (χ4n) is 3.96. The van der Waals surface area contributed by atoms with Crippen LogP contribution in [0.2, 0.25) is 0 Å². The summed E-state index contributed by atoms with van der Waals surface area (Å²) in [5, 5.41) is 0.600. The van der Waals surface area contributed by atoms with Crippen LogP contribution in [-0.4, -0.2) is 27.7 Å². The van der Waals surface area contributed by atoms with E-state index in [9.17, 15) is 14.4 Å². The molecule has 0 N–H and O–H groups in total. The van der Waals surface area contributed by atoms with Crippen molar-refractivity contribution in [3.63, 3.8) is 0 Å². The van der Waals surface area contributed by atoms with Crippen molar-refractivity contribution in [3.8, 4) is 0 Å². The molecule has 170 valence electrons. The minimum atomic E-state index is -0.220. The fraction of sp³-hybridized carbons (Fsp3) is 0.192. The summed E-state index contributed by atoms with van der Waals surface area (Å²) in [5.41, 5.74) is 4.98. The summed E-state index contributed by atoms with van der Waals surface area (Å²) in [7, 11) is 0. The van der Waals surface area contributed by atoms with Crippen LogP contribution in [0.15, 0.2) is 60.9 Å². The fourth-order valence-corrected chi connectivity index (χ4v) is 5.00. The molecule has 0 spiro atoms. The number of carbonyl (C=O) groups excluding carboxylic acids is 3. The summed E-state index contributed by atoms with van der Waals surface area (Å²) in [6.45, 7) is 4.42. The van der Waals surface area contributed by atoms with Crippen LogP contribution in [0.3, 0.4) is 0 Å². The van der Waals surface area contributed by atoms with E-state index in [-0.39, 0.29) is 30.6 Å². The summed E-state index contributed by atoms with van der Waals surface area (Å²) in [6, 6.07) is 14.5. The topological polar surface area (TPSA) is 83.5 Å². The molecule has 0 aliphatic carbocycles. The molecule has 1 fully saturated rings. The Morgan fingerprint density at radius 3 is 2.41 bits per heavy atom. The van der Waals surface area contributed by atoms with Gasteiger partial charge in [-0.15, -0.1) is 0 Å². The molecule has 1 saturated heterocycles. The monoisotopic (exact) mass is 470 g/mol. The Hall–Kier alpha value is -3.91. The van der Waals surface area contributed by atoms with E-state index in [4.69, 9.17) is 4.98 Å². The highest BCUT2D eigenvalue weighted by Crippen LogP contribution is 2.33. The van der Waals surface area contributed by atoms with Crippen molar-refractivity contribution >= 4 is 50.1 Å². The number of carbonyl (C=O) groups is 3. The number of hydrogen-bond acceptors (Lipinski definition) is 6.